The van der Waals surface area contributed by atoms with E-state index in [-0.39, 0.29) is 18.0 Å². The van der Waals surface area contributed by atoms with Crippen molar-refractivity contribution in [3.8, 4) is 0 Å². The van der Waals surface area contributed by atoms with E-state index in [2.05, 4.69) is 25.9 Å². The van der Waals surface area contributed by atoms with Crippen LogP contribution in [0.25, 0.3) is 0 Å². The molecular weight excluding hydrogens is 299 g/mol. The van der Waals surface area contributed by atoms with Crippen molar-refractivity contribution in [2.75, 3.05) is 0 Å². The van der Waals surface area contributed by atoms with Crippen LogP contribution in [-0.4, -0.2) is 15.8 Å². The van der Waals surface area contributed by atoms with Crippen molar-refractivity contribution < 1.29 is 9.18 Å². The molecule has 0 aliphatic rings. The lowest BCUT2D eigenvalue weighted by molar-refractivity contribution is 0.0987. The number of aryl methyl sites for hydroxylation is 1. The summed E-state index contributed by atoms with van der Waals surface area (Å²) in [6.07, 6.45) is 1.74. The quantitative estimate of drug-likeness (QED) is 0.818. The van der Waals surface area contributed by atoms with E-state index in [1.54, 1.807) is 31.3 Å². The second-order valence-corrected chi connectivity index (χ2v) is 4.69. The Hall–Kier alpha value is -1.62. The Balaban J connectivity index is 2.18. The zero-order valence-corrected chi connectivity index (χ0v) is 11.2. The lowest BCUT2D eigenvalue weighted by Gasteiger charge is -2.03. The maximum atomic E-state index is 13.1. The van der Waals surface area contributed by atoms with Crippen LogP contribution in [0.1, 0.15) is 21.9 Å². The van der Waals surface area contributed by atoms with Gasteiger partial charge in [0.1, 0.15) is 17.3 Å². The normalized spacial score (nSPS) is 10.4. The molecule has 0 radical (unpaired) electrons. The van der Waals surface area contributed by atoms with Crippen molar-refractivity contribution in [1.82, 2.24) is 9.97 Å². The number of rotatable bonds is 3. The molecule has 1 heterocycles. The topological polar surface area (TPSA) is 42.9 Å². The van der Waals surface area contributed by atoms with Gasteiger partial charge in [-0.3, -0.25) is 4.79 Å². The van der Waals surface area contributed by atoms with Crippen molar-refractivity contribution in [1.29, 1.82) is 0 Å². The third-order valence-corrected chi connectivity index (χ3v) is 3.02. The van der Waals surface area contributed by atoms with E-state index in [0.717, 1.165) is 5.56 Å². The molecule has 0 spiro atoms. The summed E-state index contributed by atoms with van der Waals surface area (Å²) in [5.41, 5.74) is 1.12. The number of benzene rings is 1. The van der Waals surface area contributed by atoms with E-state index < -0.39 is 0 Å². The zero-order valence-electron chi connectivity index (χ0n) is 9.65. The van der Waals surface area contributed by atoms with Crippen LogP contribution < -0.4 is 0 Å². The van der Waals surface area contributed by atoms with Gasteiger partial charge in [0.05, 0.1) is 4.47 Å². The van der Waals surface area contributed by atoms with Gasteiger partial charge in [-0.2, -0.15) is 0 Å². The minimum absolute atomic E-state index is 0.112. The number of carbonyl (C=O) groups is 1. The van der Waals surface area contributed by atoms with Crippen LogP contribution in [0, 0.1) is 12.7 Å². The summed E-state index contributed by atoms with van der Waals surface area (Å²) in [5, 5.41) is 0. The Kier molecular flexibility index (Phi) is 3.81. The van der Waals surface area contributed by atoms with E-state index in [1.807, 2.05) is 0 Å². The number of hydrogen-bond donors (Lipinski definition) is 0. The lowest BCUT2D eigenvalue weighted by Crippen LogP contribution is -2.07. The first-order valence-corrected chi connectivity index (χ1v) is 6.12. The van der Waals surface area contributed by atoms with Gasteiger partial charge in [-0.25, -0.2) is 14.4 Å². The summed E-state index contributed by atoms with van der Waals surface area (Å²) < 4.78 is 13.4. The summed E-state index contributed by atoms with van der Waals surface area (Å²) >= 11 is 3.09. The molecule has 0 amide bonds. The number of halogens is 2. The molecule has 0 aliphatic heterocycles. The molecule has 5 heteroatoms. The van der Waals surface area contributed by atoms with Gasteiger partial charge in [0.2, 0.25) is 0 Å². The highest BCUT2D eigenvalue weighted by molar-refractivity contribution is 9.10. The molecule has 0 aliphatic carbocycles. The molecule has 1 aromatic heterocycles. The van der Waals surface area contributed by atoms with Crippen molar-refractivity contribution in [2.45, 2.75) is 13.3 Å². The number of carbonyl (C=O) groups excluding carboxylic acids is 1. The van der Waals surface area contributed by atoms with Gasteiger partial charge in [-0.1, -0.05) is 6.07 Å². The molecule has 0 fully saturated rings. The minimum Gasteiger partial charge on any atom is -0.292 e. The average Bonchev–Trinajstić information content (AvgIpc) is 2.34. The highest BCUT2D eigenvalue weighted by atomic mass is 79.9. The second-order valence-electron chi connectivity index (χ2n) is 3.84. The SMILES string of the molecule is Cc1nccc(C(=O)Cc2ccc(F)c(Br)c2)n1. The van der Waals surface area contributed by atoms with E-state index in [0.29, 0.717) is 16.0 Å². The van der Waals surface area contributed by atoms with Gasteiger partial charge < -0.3 is 0 Å². The minimum atomic E-state index is -0.343. The molecule has 92 valence electrons. The Morgan fingerprint density at radius 2 is 2.17 bits per heavy atom. The molecule has 2 rings (SSSR count). The van der Waals surface area contributed by atoms with Gasteiger partial charge in [0, 0.05) is 12.6 Å². The van der Waals surface area contributed by atoms with Crippen molar-refractivity contribution in [3.05, 3.63) is 57.8 Å². The molecule has 0 bridgehead atoms. The molecule has 2 aromatic rings. The predicted molar refractivity (Wildman–Crippen MR) is 68.9 cm³/mol. The highest BCUT2D eigenvalue weighted by Gasteiger charge is 2.10. The second kappa shape index (κ2) is 5.35. The number of ketones is 1. The molecular formula is C13H10BrFN2O. The summed E-state index contributed by atoms with van der Waals surface area (Å²) in [5.74, 6) is 0.101. The molecule has 18 heavy (non-hydrogen) atoms. The molecule has 0 unspecified atom stereocenters. The monoisotopic (exact) mass is 308 g/mol. The smallest absolute Gasteiger partial charge is 0.185 e. The fourth-order valence-electron chi connectivity index (χ4n) is 1.54. The van der Waals surface area contributed by atoms with Crippen LogP contribution in [0.4, 0.5) is 4.39 Å². The van der Waals surface area contributed by atoms with Crippen LogP contribution in [0.15, 0.2) is 34.9 Å². The van der Waals surface area contributed by atoms with E-state index in [9.17, 15) is 9.18 Å². The summed E-state index contributed by atoms with van der Waals surface area (Å²) in [6.45, 7) is 1.73. The summed E-state index contributed by atoms with van der Waals surface area (Å²) in [4.78, 5) is 20.0. The van der Waals surface area contributed by atoms with Crippen LogP contribution in [0.2, 0.25) is 0 Å². The molecule has 0 saturated carbocycles. The van der Waals surface area contributed by atoms with Crippen molar-refractivity contribution in [3.63, 3.8) is 0 Å². The summed E-state index contributed by atoms with van der Waals surface area (Å²) in [7, 11) is 0. The van der Waals surface area contributed by atoms with Crippen LogP contribution in [-0.2, 0) is 6.42 Å². The number of hydrogen-bond acceptors (Lipinski definition) is 3. The Morgan fingerprint density at radius 1 is 1.39 bits per heavy atom. The van der Waals surface area contributed by atoms with Gasteiger partial charge in [0.15, 0.2) is 5.78 Å². The first-order chi connectivity index (χ1) is 8.56. The fourth-order valence-corrected chi connectivity index (χ4v) is 1.96. The van der Waals surface area contributed by atoms with E-state index in [1.165, 1.54) is 6.07 Å². The average molecular weight is 309 g/mol. The fraction of sp³-hybridized carbons (Fsp3) is 0.154. The van der Waals surface area contributed by atoms with E-state index >= 15 is 0 Å². The third kappa shape index (κ3) is 2.98. The van der Waals surface area contributed by atoms with Crippen molar-refractivity contribution in [2.24, 2.45) is 0 Å². The van der Waals surface area contributed by atoms with Crippen LogP contribution in [0.5, 0.6) is 0 Å². The van der Waals surface area contributed by atoms with Gasteiger partial charge >= 0.3 is 0 Å². The Labute approximate surface area is 112 Å². The maximum Gasteiger partial charge on any atom is 0.185 e. The Morgan fingerprint density at radius 3 is 2.83 bits per heavy atom. The Bertz CT molecular complexity index is 601. The van der Waals surface area contributed by atoms with Gasteiger partial charge in [-0.05, 0) is 46.6 Å². The predicted octanol–water partition coefficient (Wildman–Crippen LogP) is 3.11. The summed E-state index contributed by atoms with van der Waals surface area (Å²) in [6, 6.07) is 6.10. The highest BCUT2D eigenvalue weighted by Crippen LogP contribution is 2.17. The standard InChI is InChI=1S/C13H10BrFN2O/c1-8-16-5-4-12(17-8)13(18)7-9-2-3-11(15)10(14)6-9/h2-6H,7H2,1H3. The molecule has 0 N–H and O–H groups in total. The van der Waals surface area contributed by atoms with Gasteiger partial charge in [0.25, 0.3) is 0 Å². The zero-order chi connectivity index (χ0) is 13.1. The lowest BCUT2D eigenvalue weighted by atomic mass is 10.1. The first-order valence-electron chi connectivity index (χ1n) is 5.33. The maximum absolute atomic E-state index is 13.1. The van der Waals surface area contributed by atoms with Crippen molar-refractivity contribution >= 4 is 21.7 Å². The van der Waals surface area contributed by atoms with E-state index in [4.69, 9.17) is 0 Å². The third-order valence-electron chi connectivity index (χ3n) is 2.41. The molecule has 0 saturated heterocycles. The van der Waals surface area contributed by atoms with Gasteiger partial charge in [-0.15, -0.1) is 0 Å². The number of aromatic nitrogens is 2. The first kappa shape index (κ1) is 12.8. The largest absolute Gasteiger partial charge is 0.292 e. The number of Topliss-reactive ketones (excluding diaryl/α,β-unsaturated/α-hetero) is 1. The van der Waals surface area contributed by atoms with Crippen LogP contribution >= 0.6 is 15.9 Å². The molecule has 0 atom stereocenters. The molecule has 1 aromatic carbocycles. The number of nitrogens with zero attached hydrogens (tertiary/aromatic N) is 2. The van der Waals surface area contributed by atoms with Crippen LogP contribution in [0.3, 0.4) is 0 Å². The molecule has 3 nitrogen and oxygen atoms in total.